The van der Waals surface area contributed by atoms with Crippen molar-refractivity contribution < 1.29 is 13.2 Å². The van der Waals surface area contributed by atoms with E-state index in [0.717, 1.165) is 13.1 Å². The Hall–Kier alpha value is -1.44. The standard InChI is InChI=1S/C11H15N3O3S/c12-18(16,17)10-3-1-2-9(5-10)14-11(15)4-8-6-13-7-8/h1-3,5,8,13H,4,6-7H2,(H,14,15)(H2,12,16,17). The molecule has 2 rings (SSSR count). The van der Waals surface area contributed by atoms with Crippen LogP contribution >= 0.6 is 0 Å². The average molecular weight is 269 g/mol. The van der Waals surface area contributed by atoms with Crippen molar-refractivity contribution in [2.24, 2.45) is 11.1 Å². The van der Waals surface area contributed by atoms with E-state index in [4.69, 9.17) is 5.14 Å². The third-order valence-corrected chi connectivity index (χ3v) is 3.70. The van der Waals surface area contributed by atoms with Crippen LogP contribution in [0.15, 0.2) is 29.2 Å². The Morgan fingerprint density at radius 1 is 1.44 bits per heavy atom. The number of hydrogen-bond donors (Lipinski definition) is 3. The lowest BCUT2D eigenvalue weighted by Gasteiger charge is -2.26. The SMILES string of the molecule is NS(=O)(=O)c1cccc(NC(=O)CC2CNC2)c1. The topological polar surface area (TPSA) is 101 Å². The molecule has 1 fully saturated rings. The molecule has 0 bridgehead atoms. The lowest BCUT2D eigenvalue weighted by Crippen LogP contribution is -2.43. The van der Waals surface area contributed by atoms with Crippen molar-refractivity contribution in [2.45, 2.75) is 11.3 Å². The Morgan fingerprint density at radius 3 is 2.72 bits per heavy atom. The molecule has 0 aromatic heterocycles. The van der Waals surface area contributed by atoms with Crippen LogP contribution in [0.4, 0.5) is 5.69 Å². The molecule has 0 aliphatic carbocycles. The number of nitrogens with one attached hydrogen (secondary N) is 2. The van der Waals surface area contributed by atoms with Gasteiger partial charge in [-0.05, 0) is 37.2 Å². The van der Waals surface area contributed by atoms with Crippen LogP contribution in [0.2, 0.25) is 0 Å². The van der Waals surface area contributed by atoms with Crippen molar-refractivity contribution in [1.82, 2.24) is 5.32 Å². The van der Waals surface area contributed by atoms with Gasteiger partial charge in [-0.2, -0.15) is 0 Å². The van der Waals surface area contributed by atoms with Gasteiger partial charge < -0.3 is 10.6 Å². The number of primary sulfonamides is 1. The number of hydrogen-bond acceptors (Lipinski definition) is 4. The highest BCUT2D eigenvalue weighted by molar-refractivity contribution is 7.89. The Kier molecular flexibility index (Phi) is 3.65. The molecule has 1 amide bonds. The summed E-state index contributed by atoms with van der Waals surface area (Å²) >= 11 is 0. The molecule has 0 saturated carbocycles. The van der Waals surface area contributed by atoms with E-state index in [9.17, 15) is 13.2 Å². The minimum absolute atomic E-state index is 0.00869. The van der Waals surface area contributed by atoms with Crippen molar-refractivity contribution in [3.8, 4) is 0 Å². The molecule has 0 atom stereocenters. The molecule has 98 valence electrons. The third-order valence-electron chi connectivity index (χ3n) is 2.79. The molecule has 0 radical (unpaired) electrons. The van der Waals surface area contributed by atoms with E-state index in [0.29, 0.717) is 18.0 Å². The highest BCUT2D eigenvalue weighted by Crippen LogP contribution is 2.15. The average Bonchev–Trinajstić information content (AvgIpc) is 2.23. The Labute approximate surface area is 106 Å². The van der Waals surface area contributed by atoms with Crippen LogP contribution in [0.1, 0.15) is 6.42 Å². The Balaban J connectivity index is 2.02. The summed E-state index contributed by atoms with van der Waals surface area (Å²) in [4.78, 5) is 11.6. The number of anilines is 1. The van der Waals surface area contributed by atoms with Crippen LogP contribution in [-0.2, 0) is 14.8 Å². The molecule has 0 unspecified atom stereocenters. The van der Waals surface area contributed by atoms with Crippen LogP contribution in [-0.4, -0.2) is 27.4 Å². The van der Waals surface area contributed by atoms with E-state index in [1.807, 2.05) is 0 Å². The normalized spacial score (nSPS) is 16.1. The molecule has 1 aromatic carbocycles. The molecule has 1 aromatic rings. The van der Waals surface area contributed by atoms with Crippen molar-refractivity contribution in [1.29, 1.82) is 0 Å². The first-order valence-corrected chi connectivity index (χ1v) is 7.13. The second-order valence-electron chi connectivity index (χ2n) is 4.35. The molecule has 18 heavy (non-hydrogen) atoms. The largest absolute Gasteiger partial charge is 0.326 e. The highest BCUT2D eigenvalue weighted by Gasteiger charge is 2.20. The molecule has 1 heterocycles. The summed E-state index contributed by atoms with van der Waals surface area (Å²) in [6.45, 7) is 1.70. The van der Waals surface area contributed by atoms with Crippen LogP contribution in [0.25, 0.3) is 0 Å². The molecule has 1 aliphatic heterocycles. The van der Waals surface area contributed by atoms with Crippen molar-refractivity contribution in [3.63, 3.8) is 0 Å². The summed E-state index contributed by atoms with van der Waals surface area (Å²) in [5.74, 6) is 0.250. The van der Waals surface area contributed by atoms with Crippen LogP contribution in [0, 0.1) is 5.92 Å². The summed E-state index contributed by atoms with van der Waals surface area (Å²) in [5.41, 5.74) is 0.443. The number of nitrogens with two attached hydrogens (primary N) is 1. The summed E-state index contributed by atoms with van der Waals surface area (Å²) in [7, 11) is -3.74. The van der Waals surface area contributed by atoms with Gasteiger partial charge in [-0.3, -0.25) is 4.79 Å². The van der Waals surface area contributed by atoms with Crippen LogP contribution < -0.4 is 15.8 Å². The molecule has 6 nitrogen and oxygen atoms in total. The molecule has 7 heteroatoms. The summed E-state index contributed by atoms with van der Waals surface area (Å²) in [6.07, 6.45) is 0.437. The molecular formula is C11H15N3O3S. The van der Waals surface area contributed by atoms with E-state index in [2.05, 4.69) is 10.6 Å². The van der Waals surface area contributed by atoms with Crippen LogP contribution in [0.3, 0.4) is 0 Å². The number of carbonyl (C=O) groups is 1. The number of amides is 1. The maximum atomic E-state index is 11.7. The first kappa shape index (κ1) is 13.0. The fraction of sp³-hybridized carbons (Fsp3) is 0.364. The first-order chi connectivity index (χ1) is 8.45. The maximum Gasteiger partial charge on any atom is 0.238 e. The zero-order chi connectivity index (χ0) is 13.2. The molecule has 4 N–H and O–H groups in total. The van der Waals surface area contributed by atoms with Gasteiger partial charge in [0.25, 0.3) is 0 Å². The monoisotopic (exact) mass is 269 g/mol. The van der Waals surface area contributed by atoms with Crippen molar-refractivity contribution in [2.75, 3.05) is 18.4 Å². The third kappa shape index (κ3) is 3.28. The fourth-order valence-electron chi connectivity index (χ4n) is 1.72. The quantitative estimate of drug-likeness (QED) is 0.709. The van der Waals surface area contributed by atoms with Gasteiger partial charge in [-0.25, -0.2) is 13.6 Å². The van der Waals surface area contributed by atoms with Crippen molar-refractivity contribution in [3.05, 3.63) is 24.3 Å². The number of benzene rings is 1. The summed E-state index contributed by atoms with van der Waals surface area (Å²) < 4.78 is 22.3. The van der Waals surface area contributed by atoms with E-state index in [-0.39, 0.29) is 10.8 Å². The molecule has 0 spiro atoms. The minimum Gasteiger partial charge on any atom is -0.326 e. The smallest absolute Gasteiger partial charge is 0.238 e. The minimum atomic E-state index is -3.74. The Bertz CT molecular complexity index is 552. The lowest BCUT2D eigenvalue weighted by atomic mass is 9.99. The predicted octanol–water partition coefficient (Wildman–Crippen LogP) is -0.118. The zero-order valence-corrected chi connectivity index (χ0v) is 10.5. The second-order valence-corrected chi connectivity index (χ2v) is 5.91. The van der Waals surface area contributed by atoms with Gasteiger partial charge in [0.1, 0.15) is 0 Å². The van der Waals surface area contributed by atoms with Crippen molar-refractivity contribution >= 4 is 21.6 Å². The number of carbonyl (C=O) groups excluding carboxylic acids is 1. The van der Waals surface area contributed by atoms with E-state index < -0.39 is 10.0 Å². The van der Waals surface area contributed by atoms with E-state index in [1.165, 1.54) is 12.1 Å². The molecular weight excluding hydrogens is 254 g/mol. The van der Waals surface area contributed by atoms with E-state index in [1.54, 1.807) is 12.1 Å². The summed E-state index contributed by atoms with van der Waals surface area (Å²) in [5, 5.41) is 10.8. The number of rotatable bonds is 4. The van der Waals surface area contributed by atoms with Gasteiger partial charge in [0.2, 0.25) is 15.9 Å². The van der Waals surface area contributed by atoms with Gasteiger partial charge in [-0.1, -0.05) is 6.07 Å². The van der Waals surface area contributed by atoms with Gasteiger partial charge in [0, 0.05) is 12.1 Å². The van der Waals surface area contributed by atoms with Gasteiger partial charge >= 0.3 is 0 Å². The Morgan fingerprint density at radius 2 is 2.17 bits per heavy atom. The van der Waals surface area contributed by atoms with Gasteiger partial charge in [-0.15, -0.1) is 0 Å². The zero-order valence-electron chi connectivity index (χ0n) is 9.72. The van der Waals surface area contributed by atoms with Crippen LogP contribution in [0.5, 0.6) is 0 Å². The number of sulfonamides is 1. The highest BCUT2D eigenvalue weighted by atomic mass is 32.2. The lowest BCUT2D eigenvalue weighted by molar-refractivity contribution is -0.117. The second kappa shape index (κ2) is 5.05. The maximum absolute atomic E-state index is 11.7. The van der Waals surface area contributed by atoms with Gasteiger partial charge in [0.05, 0.1) is 4.90 Å². The van der Waals surface area contributed by atoms with Gasteiger partial charge in [0.15, 0.2) is 0 Å². The molecule has 1 saturated heterocycles. The van der Waals surface area contributed by atoms with E-state index >= 15 is 0 Å². The summed E-state index contributed by atoms with van der Waals surface area (Å²) in [6, 6.07) is 5.92. The predicted molar refractivity (Wildman–Crippen MR) is 67.4 cm³/mol. The first-order valence-electron chi connectivity index (χ1n) is 5.58. The fourth-order valence-corrected chi connectivity index (χ4v) is 2.28. The molecule has 1 aliphatic rings.